The highest BCUT2D eigenvalue weighted by atomic mass is 16.5. The number of nitrogens with one attached hydrogen (secondary N) is 1. The van der Waals surface area contributed by atoms with E-state index in [1.54, 1.807) is 0 Å². The van der Waals surface area contributed by atoms with Crippen molar-refractivity contribution in [1.82, 2.24) is 5.32 Å². The van der Waals surface area contributed by atoms with Crippen LogP contribution < -0.4 is 10.1 Å². The van der Waals surface area contributed by atoms with E-state index in [2.05, 4.69) is 58.1 Å². The molecule has 0 spiro atoms. The zero-order valence-corrected chi connectivity index (χ0v) is 14.3. The van der Waals surface area contributed by atoms with Gasteiger partial charge in [-0.15, -0.1) is 0 Å². The van der Waals surface area contributed by atoms with E-state index in [-0.39, 0.29) is 0 Å². The summed E-state index contributed by atoms with van der Waals surface area (Å²) in [5.41, 5.74) is 2.71. The van der Waals surface area contributed by atoms with Crippen molar-refractivity contribution in [3.8, 4) is 5.75 Å². The molecule has 1 aliphatic carbocycles. The summed E-state index contributed by atoms with van der Waals surface area (Å²) in [5.74, 6) is 2.17. The molecule has 1 N–H and O–H groups in total. The van der Waals surface area contributed by atoms with Gasteiger partial charge in [-0.1, -0.05) is 52.8 Å². The molecule has 0 saturated heterocycles. The SMILES string of the molecule is CCCNC1CC(Oc2c(C(C)C)cccc2C(C)C)C1. The van der Waals surface area contributed by atoms with Gasteiger partial charge in [0.2, 0.25) is 0 Å². The summed E-state index contributed by atoms with van der Waals surface area (Å²) in [6.45, 7) is 12.3. The van der Waals surface area contributed by atoms with Gasteiger partial charge in [0.25, 0.3) is 0 Å². The van der Waals surface area contributed by atoms with E-state index < -0.39 is 0 Å². The van der Waals surface area contributed by atoms with Crippen molar-refractivity contribution < 1.29 is 4.74 Å². The fraction of sp³-hybridized carbons (Fsp3) is 0.684. The summed E-state index contributed by atoms with van der Waals surface area (Å²) in [7, 11) is 0. The molecule has 0 aliphatic heterocycles. The first kappa shape index (κ1) is 16.4. The second kappa shape index (κ2) is 7.31. The molecule has 1 aromatic rings. The highest BCUT2D eigenvalue weighted by Gasteiger charge is 2.31. The molecule has 0 bridgehead atoms. The summed E-state index contributed by atoms with van der Waals surface area (Å²) in [5, 5.41) is 3.58. The number of benzene rings is 1. The van der Waals surface area contributed by atoms with Crippen molar-refractivity contribution in [2.75, 3.05) is 6.54 Å². The third kappa shape index (κ3) is 4.00. The van der Waals surface area contributed by atoms with Crippen LogP contribution in [0, 0.1) is 0 Å². The third-order valence-electron chi connectivity index (χ3n) is 4.38. The second-order valence-electron chi connectivity index (χ2n) is 6.94. The van der Waals surface area contributed by atoms with Crippen LogP contribution in [0.3, 0.4) is 0 Å². The monoisotopic (exact) mass is 289 g/mol. The highest BCUT2D eigenvalue weighted by molar-refractivity contribution is 5.45. The quantitative estimate of drug-likeness (QED) is 0.775. The van der Waals surface area contributed by atoms with Crippen molar-refractivity contribution in [3.05, 3.63) is 29.3 Å². The standard InChI is InChI=1S/C19H31NO/c1-6-10-20-15-11-16(12-15)21-19-17(13(2)3)8-7-9-18(19)14(4)5/h7-9,13-16,20H,6,10-12H2,1-5H3. The Balaban J connectivity index is 2.05. The average Bonchev–Trinajstić information content (AvgIpc) is 2.40. The van der Waals surface area contributed by atoms with Crippen LogP contribution in [0.1, 0.15) is 76.8 Å². The Labute approximate surface area is 130 Å². The van der Waals surface area contributed by atoms with Crippen LogP contribution in [0.2, 0.25) is 0 Å². The van der Waals surface area contributed by atoms with E-state index in [4.69, 9.17) is 4.74 Å². The second-order valence-corrected chi connectivity index (χ2v) is 6.94. The van der Waals surface area contributed by atoms with Crippen molar-refractivity contribution >= 4 is 0 Å². The topological polar surface area (TPSA) is 21.3 Å². The molecule has 1 aliphatic rings. The lowest BCUT2D eigenvalue weighted by Gasteiger charge is -2.37. The maximum atomic E-state index is 6.41. The zero-order valence-electron chi connectivity index (χ0n) is 14.3. The van der Waals surface area contributed by atoms with Crippen LogP contribution in [-0.4, -0.2) is 18.7 Å². The maximum absolute atomic E-state index is 6.41. The zero-order chi connectivity index (χ0) is 15.4. The van der Waals surface area contributed by atoms with Gasteiger partial charge in [0.1, 0.15) is 11.9 Å². The van der Waals surface area contributed by atoms with Gasteiger partial charge in [0.15, 0.2) is 0 Å². The Morgan fingerprint density at radius 3 is 2.14 bits per heavy atom. The minimum Gasteiger partial charge on any atom is -0.490 e. The largest absolute Gasteiger partial charge is 0.490 e. The van der Waals surface area contributed by atoms with Crippen LogP contribution in [0.4, 0.5) is 0 Å². The minimum atomic E-state index is 0.386. The number of para-hydroxylation sites is 1. The fourth-order valence-electron chi connectivity index (χ4n) is 2.96. The van der Waals surface area contributed by atoms with Crippen LogP contribution >= 0.6 is 0 Å². The number of rotatable bonds is 7. The van der Waals surface area contributed by atoms with E-state index in [1.807, 2.05) is 0 Å². The van der Waals surface area contributed by atoms with E-state index in [0.717, 1.165) is 25.1 Å². The molecule has 2 heteroatoms. The molecule has 0 heterocycles. The first-order valence-electron chi connectivity index (χ1n) is 8.55. The Morgan fingerprint density at radius 2 is 1.67 bits per heavy atom. The molecular weight excluding hydrogens is 258 g/mol. The molecule has 0 atom stereocenters. The van der Waals surface area contributed by atoms with Gasteiger partial charge in [-0.25, -0.2) is 0 Å². The Hall–Kier alpha value is -1.02. The summed E-state index contributed by atoms with van der Waals surface area (Å²) in [4.78, 5) is 0. The molecule has 0 amide bonds. The van der Waals surface area contributed by atoms with Gasteiger partial charge in [-0.3, -0.25) is 0 Å². The summed E-state index contributed by atoms with van der Waals surface area (Å²) in [6.07, 6.45) is 3.88. The molecule has 0 aromatic heterocycles. The van der Waals surface area contributed by atoms with E-state index >= 15 is 0 Å². The molecule has 0 radical (unpaired) electrons. The minimum absolute atomic E-state index is 0.386. The first-order valence-corrected chi connectivity index (χ1v) is 8.55. The summed E-state index contributed by atoms with van der Waals surface area (Å²) >= 11 is 0. The molecule has 2 rings (SSSR count). The number of hydrogen-bond donors (Lipinski definition) is 1. The smallest absolute Gasteiger partial charge is 0.126 e. The Morgan fingerprint density at radius 1 is 1.10 bits per heavy atom. The van der Waals surface area contributed by atoms with Gasteiger partial charge >= 0.3 is 0 Å². The number of ether oxygens (including phenoxy) is 1. The Kier molecular flexibility index (Phi) is 5.69. The average molecular weight is 289 g/mol. The predicted molar refractivity (Wildman–Crippen MR) is 90.4 cm³/mol. The van der Waals surface area contributed by atoms with Crippen molar-refractivity contribution in [2.45, 2.75) is 77.9 Å². The van der Waals surface area contributed by atoms with Gasteiger partial charge < -0.3 is 10.1 Å². The summed E-state index contributed by atoms with van der Waals surface area (Å²) < 4.78 is 6.41. The molecule has 21 heavy (non-hydrogen) atoms. The molecule has 2 nitrogen and oxygen atoms in total. The van der Waals surface area contributed by atoms with Crippen molar-refractivity contribution in [1.29, 1.82) is 0 Å². The lowest BCUT2D eigenvalue weighted by Crippen LogP contribution is -2.47. The molecule has 118 valence electrons. The molecule has 1 aromatic carbocycles. The van der Waals surface area contributed by atoms with Crippen LogP contribution in [0.25, 0.3) is 0 Å². The predicted octanol–water partition coefficient (Wildman–Crippen LogP) is 4.84. The van der Waals surface area contributed by atoms with E-state index in [0.29, 0.717) is 24.0 Å². The van der Waals surface area contributed by atoms with E-state index in [9.17, 15) is 0 Å². The van der Waals surface area contributed by atoms with Gasteiger partial charge in [0, 0.05) is 6.04 Å². The third-order valence-corrected chi connectivity index (χ3v) is 4.38. The summed E-state index contributed by atoms with van der Waals surface area (Å²) in [6, 6.07) is 7.27. The highest BCUT2D eigenvalue weighted by Crippen LogP contribution is 2.37. The van der Waals surface area contributed by atoms with Gasteiger partial charge in [-0.2, -0.15) is 0 Å². The van der Waals surface area contributed by atoms with Crippen LogP contribution in [0.5, 0.6) is 5.75 Å². The normalized spacial score (nSPS) is 21.7. The Bertz CT molecular complexity index is 421. The van der Waals surface area contributed by atoms with Crippen LogP contribution in [-0.2, 0) is 0 Å². The van der Waals surface area contributed by atoms with Crippen molar-refractivity contribution in [3.63, 3.8) is 0 Å². The molecule has 0 unspecified atom stereocenters. The lowest BCUT2D eigenvalue weighted by atomic mass is 9.88. The first-order chi connectivity index (χ1) is 10.0. The maximum Gasteiger partial charge on any atom is 0.126 e. The lowest BCUT2D eigenvalue weighted by molar-refractivity contribution is 0.0828. The molecular formula is C19H31NO. The van der Waals surface area contributed by atoms with Crippen molar-refractivity contribution in [2.24, 2.45) is 0 Å². The van der Waals surface area contributed by atoms with Crippen LogP contribution in [0.15, 0.2) is 18.2 Å². The number of hydrogen-bond acceptors (Lipinski definition) is 2. The molecule has 1 saturated carbocycles. The molecule has 1 fully saturated rings. The van der Waals surface area contributed by atoms with E-state index in [1.165, 1.54) is 17.5 Å². The van der Waals surface area contributed by atoms with Gasteiger partial charge in [-0.05, 0) is 48.8 Å². The fourth-order valence-corrected chi connectivity index (χ4v) is 2.96. The van der Waals surface area contributed by atoms with Gasteiger partial charge in [0.05, 0.1) is 0 Å².